The van der Waals surface area contributed by atoms with Gasteiger partial charge in [-0.15, -0.1) is 23.2 Å². The van der Waals surface area contributed by atoms with Crippen LogP contribution in [0.15, 0.2) is 0 Å². The van der Waals surface area contributed by atoms with Gasteiger partial charge in [-0.3, -0.25) is 9.59 Å². The summed E-state index contributed by atoms with van der Waals surface area (Å²) in [4.78, 5) is 26.8. The first kappa shape index (κ1) is 19.5. The van der Waals surface area contributed by atoms with Crippen LogP contribution in [0.1, 0.15) is 12.8 Å². The van der Waals surface area contributed by atoms with Crippen molar-refractivity contribution in [2.45, 2.75) is 12.8 Å². The van der Waals surface area contributed by atoms with Crippen LogP contribution in [-0.4, -0.2) is 85.7 Å². The highest BCUT2D eigenvalue weighted by Crippen LogP contribution is 2.03. The van der Waals surface area contributed by atoms with Crippen LogP contribution in [0.5, 0.6) is 0 Å². The second-order valence-electron chi connectivity index (χ2n) is 5.36. The number of piperazine rings is 1. The zero-order chi connectivity index (χ0) is 16.2. The maximum atomic E-state index is 11.0. The van der Waals surface area contributed by atoms with E-state index in [-0.39, 0.29) is 23.6 Å². The van der Waals surface area contributed by atoms with Gasteiger partial charge >= 0.3 is 0 Å². The van der Waals surface area contributed by atoms with Crippen LogP contribution in [0.3, 0.4) is 0 Å². The molecule has 0 aromatic rings. The van der Waals surface area contributed by atoms with Gasteiger partial charge < -0.3 is 20.4 Å². The van der Waals surface area contributed by atoms with E-state index < -0.39 is 0 Å². The number of nitrogens with one attached hydrogen (secondary N) is 2. The smallest absolute Gasteiger partial charge is 0.234 e. The zero-order valence-corrected chi connectivity index (χ0v) is 14.5. The SMILES string of the molecule is O=C(CCl)NCCCN1CCN(CCCNC(=O)CCl)CC1. The number of rotatable bonds is 10. The van der Waals surface area contributed by atoms with Crippen molar-refractivity contribution in [3.63, 3.8) is 0 Å². The van der Waals surface area contributed by atoms with Crippen molar-refractivity contribution in [1.29, 1.82) is 0 Å². The van der Waals surface area contributed by atoms with Crippen molar-refractivity contribution in [2.75, 3.05) is 64.1 Å². The van der Waals surface area contributed by atoms with Crippen molar-refractivity contribution < 1.29 is 9.59 Å². The molecule has 0 aromatic carbocycles. The monoisotopic (exact) mass is 352 g/mol. The van der Waals surface area contributed by atoms with Gasteiger partial charge in [-0.2, -0.15) is 0 Å². The van der Waals surface area contributed by atoms with E-state index in [9.17, 15) is 9.59 Å². The van der Waals surface area contributed by atoms with Gasteiger partial charge in [0.15, 0.2) is 0 Å². The van der Waals surface area contributed by atoms with Crippen LogP contribution in [-0.2, 0) is 9.59 Å². The predicted molar refractivity (Wildman–Crippen MR) is 89.6 cm³/mol. The normalized spacial score (nSPS) is 16.5. The number of hydrogen-bond acceptors (Lipinski definition) is 4. The summed E-state index contributed by atoms with van der Waals surface area (Å²) in [6.07, 6.45) is 1.90. The van der Waals surface area contributed by atoms with Gasteiger partial charge in [0.25, 0.3) is 0 Å². The lowest BCUT2D eigenvalue weighted by Gasteiger charge is -2.34. The van der Waals surface area contributed by atoms with Crippen LogP contribution in [0, 0.1) is 0 Å². The Labute approximate surface area is 142 Å². The van der Waals surface area contributed by atoms with Gasteiger partial charge in [0.1, 0.15) is 11.8 Å². The molecular weight excluding hydrogens is 327 g/mol. The molecule has 0 radical (unpaired) electrons. The average Bonchev–Trinajstić information content (AvgIpc) is 2.56. The van der Waals surface area contributed by atoms with E-state index in [2.05, 4.69) is 20.4 Å². The van der Waals surface area contributed by atoms with Crippen LogP contribution >= 0.6 is 23.2 Å². The number of alkyl halides is 2. The summed E-state index contributed by atoms with van der Waals surface area (Å²) in [5.41, 5.74) is 0. The number of hydrogen-bond donors (Lipinski definition) is 2. The highest BCUT2D eigenvalue weighted by molar-refractivity contribution is 6.27. The van der Waals surface area contributed by atoms with Gasteiger partial charge in [-0.1, -0.05) is 0 Å². The predicted octanol–water partition coefficient (Wildman–Crippen LogP) is 0.0942. The van der Waals surface area contributed by atoms with Crippen molar-refractivity contribution in [3.05, 3.63) is 0 Å². The molecule has 2 amide bonds. The lowest BCUT2D eigenvalue weighted by atomic mass is 10.2. The second-order valence-corrected chi connectivity index (χ2v) is 5.89. The highest BCUT2D eigenvalue weighted by atomic mass is 35.5. The molecule has 22 heavy (non-hydrogen) atoms. The van der Waals surface area contributed by atoms with Gasteiger partial charge in [-0.05, 0) is 25.9 Å². The Morgan fingerprint density at radius 3 is 1.45 bits per heavy atom. The third-order valence-electron chi connectivity index (χ3n) is 3.65. The quantitative estimate of drug-likeness (QED) is 0.432. The van der Waals surface area contributed by atoms with E-state index in [4.69, 9.17) is 23.2 Å². The Bertz CT molecular complexity index is 305. The molecule has 0 aliphatic carbocycles. The molecule has 1 rings (SSSR count). The Hall–Kier alpha value is -0.560. The molecule has 1 fully saturated rings. The molecule has 1 saturated heterocycles. The van der Waals surface area contributed by atoms with Crippen molar-refractivity contribution in [3.8, 4) is 0 Å². The number of amides is 2. The first-order valence-electron chi connectivity index (χ1n) is 7.75. The maximum absolute atomic E-state index is 11.0. The summed E-state index contributed by atoms with van der Waals surface area (Å²) in [5.74, 6) is -0.144. The largest absolute Gasteiger partial charge is 0.355 e. The molecule has 1 heterocycles. The molecule has 0 bridgehead atoms. The standard InChI is InChI=1S/C14H26Cl2N4O2/c15-11-13(21)17-3-1-5-19-7-9-20(10-8-19)6-2-4-18-14(22)12-16/h1-12H2,(H,17,21)(H,18,22). The lowest BCUT2D eigenvalue weighted by molar-refractivity contribution is -0.119. The molecule has 128 valence electrons. The first-order valence-corrected chi connectivity index (χ1v) is 8.82. The molecule has 2 N–H and O–H groups in total. The third-order valence-corrected chi connectivity index (χ3v) is 4.14. The lowest BCUT2D eigenvalue weighted by Crippen LogP contribution is -2.47. The molecule has 1 aliphatic heterocycles. The summed E-state index contributed by atoms with van der Waals surface area (Å²) in [7, 11) is 0. The number of carbonyl (C=O) groups excluding carboxylic acids is 2. The van der Waals surface area contributed by atoms with Crippen LogP contribution in [0.4, 0.5) is 0 Å². The van der Waals surface area contributed by atoms with E-state index in [0.717, 1.165) is 52.1 Å². The molecule has 1 aliphatic rings. The highest BCUT2D eigenvalue weighted by Gasteiger charge is 2.15. The first-order chi connectivity index (χ1) is 10.7. The molecule has 0 saturated carbocycles. The summed E-state index contributed by atoms with van der Waals surface area (Å²) in [6.45, 7) is 7.59. The zero-order valence-electron chi connectivity index (χ0n) is 13.0. The maximum Gasteiger partial charge on any atom is 0.234 e. The second kappa shape index (κ2) is 11.9. The van der Waals surface area contributed by atoms with Crippen molar-refractivity contribution >= 4 is 35.0 Å². The Balaban J connectivity index is 1.99. The molecule has 8 heteroatoms. The fourth-order valence-corrected chi connectivity index (χ4v) is 2.58. The number of nitrogens with zero attached hydrogens (tertiary/aromatic N) is 2. The minimum absolute atomic E-state index is 0.0318. The van der Waals surface area contributed by atoms with Crippen LogP contribution in [0.25, 0.3) is 0 Å². The van der Waals surface area contributed by atoms with E-state index >= 15 is 0 Å². The fraction of sp³-hybridized carbons (Fsp3) is 0.857. The molecule has 6 nitrogen and oxygen atoms in total. The third kappa shape index (κ3) is 8.78. The Morgan fingerprint density at radius 2 is 1.14 bits per heavy atom. The van der Waals surface area contributed by atoms with Crippen molar-refractivity contribution in [1.82, 2.24) is 20.4 Å². The summed E-state index contributed by atoms with van der Waals surface area (Å²) >= 11 is 10.8. The number of carbonyl (C=O) groups is 2. The van der Waals surface area contributed by atoms with Gasteiger partial charge in [-0.25, -0.2) is 0 Å². The molecule has 0 atom stereocenters. The minimum Gasteiger partial charge on any atom is -0.355 e. The van der Waals surface area contributed by atoms with Gasteiger partial charge in [0.2, 0.25) is 11.8 Å². The summed E-state index contributed by atoms with van der Waals surface area (Å²) in [6, 6.07) is 0. The van der Waals surface area contributed by atoms with Crippen LogP contribution in [0.2, 0.25) is 0 Å². The van der Waals surface area contributed by atoms with E-state index in [1.807, 2.05) is 0 Å². The minimum atomic E-state index is -0.104. The van der Waals surface area contributed by atoms with Gasteiger partial charge in [0.05, 0.1) is 0 Å². The molecule has 0 spiro atoms. The molecule has 0 unspecified atom stereocenters. The van der Waals surface area contributed by atoms with E-state index in [0.29, 0.717) is 13.1 Å². The Morgan fingerprint density at radius 1 is 0.773 bits per heavy atom. The van der Waals surface area contributed by atoms with Crippen LogP contribution < -0.4 is 10.6 Å². The Kier molecular flexibility index (Phi) is 10.6. The molecule has 0 aromatic heterocycles. The fourth-order valence-electron chi connectivity index (χ4n) is 2.39. The number of halogens is 2. The topological polar surface area (TPSA) is 64.7 Å². The van der Waals surface area contributed by atoms with Crippen molar-refractivity contribution in [2.24, 2.45) is 0 Å². The summed E-state index contributed by atoms with van der Waals surface area (Å²) < 4.78 is 0. The average molecular weight is 353 g/mol. The van der Waals surface area contributed by atoms with Gasteiger partial charge in [0, 0.05) is 39.3 Å². The molecular formula is C14H26Cl2N4O2. The van der Waals surface area contributed by atoms with E-state index in [1.54, 1.807) is 0 Å². The van der Waals surface area contributed by atoms with E-state index in [1.165, 1.54) is 0 Å². The summed E-state index contributed by atoms with van der Waals surface area (Å²) in [5, 5.41) is 5.55.